The van der Waals surface area contributed by atoms with E-state index in [1.807, 2.05) is 24.3 Å². The number of aromatic nitrogens is 2. The molecule has 3 amide bonds. The molecule has 1 aromatic carbocycles. The van der Waals surface area contributed by atoms with Crippen molar-refractivity contribution in [2.75, 3.05) is 13.7 Å². The number of aryl methyl sites for hydroxylation is 1. The predicted octanol–water partition coefficient (Wildman–Crippen LogP) is 5.22. The Hall–Kier alpha value is -4.27. The fourth-order valence-corrected chi connectivity index (χ4v) is 10.8. The summed E-state index contributed by atoms with van der Waals surface area (Å²) >= 11 is 0. The molecule has 3 aliphatic heterocycles. The quantitative estimate of drug-likeness (QED) is 0.305. The highest BCUT2D eigenvalue weighted by Crippen LogP contribution is 2.48. The summed E-state index contributed by atoms with van der Waals surface area (Å²) in [4.78, 5) is 68.4. The molecule has 1 saturated heterocycles. The summed E-state index contributed by atoms with van der Waals surface area (Å²) in [7, 11) is -2.40. The van der Waals surface area contributed by atoms with E-state index in [4.69, 9.17) is 24.2 Å². The standard InChI is InChI=1S/C43H57N5O9S/c1-42(20-21-42)58(53,54)47-41(52)43-25-29(43)15-9-5-3-4-7-13-28-22-37(49)57-36-17-11-14-27(36)12-8-6-10-16-33-39(45-34-23-30(55-2)18-19-32(34)44-33)56-31-24-35(38(50)46-43)48(26-31)40(28)51/h9,15,18-19,23,27-29,31,35-36H,3-8,10-14,16-17,20-22,24-26H2,1-2H3,(H,46,50)(H,47,52)/t27-,28-,29-,31-,35+,36-,43-/m1/s1. The molecule has 0 spiro atoms. The zero-order valence-electron chi connectivity index (χ0n) is 33.7. The van der Waals surface area contributed by atoms with E-state index in [0.29, 0.717) is 60.5 Å². The molecule has 2 N–H and O–H groups in total. The van der Waals surface area contributed by atoms with Gasteiger partial charge in [-0.2, -0.15) is 0 Å². The first-order chi connectivity index (χ1) is 27.9. The van der Waals surface area contributed by atoms with Crippen LogP contribution in [0.1, 0.15) is 122 Å². The molecule has 0 radical (unpaired) electrons. The average molecular weight is 820 g/mol. The number of methoxy groups -OCH3 is 1. The first-order valence-corrected chi connectivity index (χ1v) is 22.9. The summed E-state index contributed by atoms with van der Waals surface area (Å²) < 4.78 is 46.0. The van der Waals surface area contributed by atoms with Gasteiger partial charge >= 0.3 is 5.97 Å². The lowest BCUT2D eigenvalue weighted by Gasteiger charge is -2.30. The SMILES string of the molecule is COc1ccc2nc3c(nc2c1)O[C@@H]1C[C@H]2C(=O)N[C@]4(C(=O)NS(=O)(=O)C5(C)CC5)C[C@H]4C=CCCCCC[C@H](CC(=O)O[C@@H]4CCC[C@H]4CCCCC3)C(=O)N2C1. The third-order valence-electron chi connectivity index (χ3n) is 13.5. The summed E-state index contributed by atoms with van der Waals surface area (Å²) in [6.07, 6.45) is 14.9. The number of benzene rings is 1. The van der Waals surface area contributed by atoms with Crippen LogP contribution in [0.5, 0.6) is 11.6 Å². The van der Waals surface area contributed by atoms with Crippen molar-refractivity contribution in [1.82, 2.24) is 24.9 Å². The van der Waals surface area contributed by atoms with E-state index in [2.05, 4.69) is 10.0 Å². The Morgan fingerprint density at radius 3 is 2.57 bits per heavy atom. The lowest BCUT2D eigenvalue weighted by Crippen LogP contribution is -2.57. The number of carbonyl (C=O) groups is 4. The molecule has 0 unspecified atom stereocenters. The molecule has 6 aliphatic rings. The molecule has 3 bridgehead atoms. The van der Waals surface area contributed by atoms with Gasteiger partial charge in [-0.15, -0.1) is 0 Å². The Bertz CT molecular complexity index is 2070. The van der Waals surface area contributed by atoms with Crippen LogP contribution in [0.4, 0.5) is 0 Å². The van der Waals surface area contributed by atoms with Crippen molar-refractivity contribution in [3.63, 3.8) is 0 Å². The number of amides is 3. The van der Waals surface area contributed by atoms with Gasteiger partial charge in [0.05, 0.1) is 35.9 Å². The van der Waals surface area contributed by atoms with Crippen molar-refractivity contribution < 1.29 is 41.8 Å². The third-order valence-corrected chi connectivity index (χ3v) is 15.7. The molecular weight excluding hydrogens is 763 g/mol. The van der Waals surface area contributed by atoms with Gasteiger partial charge in [0, 0.05) is 24.3 Å². The zero-order chi connectivity index (χ0) is 40.7. The van der Waals surface area contributed by atoms with Gasteiger partial charge in [0.15, 0.2) is 0 Å². The molecule has 15 heteroatoms. The van der Waals surface area contributed by atoms with Crippen LogP contribution in [-0.4, -0.2) is 89.2 Å². The summed E-state index contributed by atoms with van der Waals surface area (Å²) in [5.74, 6) is -1.99. The largest absolute Gasteiger partial charge is 0.497 e. The van der Waals surface area contributed by atoms with Gasteiger partial charge in [-0.25, -0.2) is 18.4 Å². The number of fused-ring (bicyclic) bond motifs is 6. The summed E-state index contributed by atoms with van der Waals surface area (Å²) in [6.45, 7) is 1.65. The normalized spacial score (nSPS) is 31.8. The maximum Gasteiger partial charge on any atom is 0.306 e. The fourth-order valence-electron chi connectivity index (χ4n) is 9.46. The number of ether oxygens (including phenoxy) is 3. The molecular formula is C43H57N5O9S. The van der Waals surface area contributed by atoms with E-state index in [9.17, 15) is 27.6 Å². The van der Waals surface area contributed by atoms with E-state index in [-0.39, 0.29) is 43.7 Å². The molecule has 8 rings (SSSR count). The van der Waals surface area contributed by atoms with E-state index >= 15 is 0 Å². The lowest BCUT2D eigenvalue weighted by atomic mass is 9.94. The minimum atomic E-state index is -3.98. The van der Waals surface area contributed by atoms with Gasteiger partial charge < -0.3 is 24.4 Å². The number of carbonyl (C=O) groups excluding carboxylic acids is 4. The highest BCUT2D eigenvalue weighted by Gasteiger charge is 2.63. The first kappa shape index (κ1) is 40.5. The van der Waals surface area contributed by atoms with Gasteiger partial charge in [0.1, 0.15) is 35.2 Å². The van der Waals surface area contributed by atoms with Gasteiger partial charge in [-0.05, 0) is 102 Å². The maximum atomic E-state index is 14.8. The highest BCUT2D eigenvalue weighted by atomic mass is 32.2. The molecule has 314 valence electrons. The van der Waals surface area contributed by atoms with Crippen LogP contribution in [0.25, 0.3) is 11.0 Å². The number of rotatable bonds is 4. The predicted molar refractivity (Wildman–Crippen MR) is 214 cm³/mol. The van der Waals surface area contributed by atoms with Crippen molar-refractivity contribution in [1.29, 1.82) is 0 Å². The minimum Gasteiger partial charge on any atom is -0.497 e. The number of hydrogen-bond donors (Lipinski definition) is 2. The average Bonchev–Trinajstić information content (AvgIpc) is 4.00. The van der Waals surface area contributed by atoms with Crippen LogP contribution in [0, 0.1) is 17.8 Å². The van der Waals surface area contributed by atoms with Gasteiger partial charge in [-0.3, -0.25) is 23.9 Å². The van der Waals surface area contributed by atoms with E-state index < -0.39 is 62.1 Å². The molecule has 3 aliphatic carbocycles. The maximum absolute atomic E-state index is 14.8. The number of hydrogen-bond acceptors (Lipinski definition) is 11. The van der Waals surface area contributed by atoms with Crippen LogP contribution < -0.4 is 19.5 Å². The van der Waals surface area contributed by atoms with Crippen LogP contribution in [0.3, 0.4) is 0 Å². The number of nitrogens with zero attached hydrogens (tertiary/aromatic N) is 3. The topological polar surface area (TPSA) is 183 Å². The number of sulfonamides is 1. The molecule has 58 heavy (non-hydrogen) atoms. The molecule has 14 nitrogen and oxygen atoms in total. The van der Waals surface area contributed by atoms with Crippen molar-refractivity contribution >= 4 is 44.7 Å². The molecule has 3 saturated carbocycles. The number of nitrogens with one attached hydrogen (secondary N) is 2. The number of esters is 1. The molecule has 4 heterocycles. The van der Waals surface area contributed by atoms with Crippen LogP contribution in [0.2, 0.25) is 0 Å². The summed E-state index contributed by atoms with van der Waals surface area (Å²) in [5.41, 5.74) is 0.483. The van der Waals surface area contributed by atoms with Crippen molar-refractivity contribution in [2.45, 2.75) is 151 Å². The zero-order valence-corrected chi connectivity index (χ0v) is 34.5. The fraction of sp³-hybridized carbons (Fsp3) is 0.674. The second-order valence-corrected chi connectivity index (χ2v) is 20.0. The first-order valence-electron chi connectivity index (χ1n) is 21.4. The number of allylic oxidation sites excluding steroid dienone is 1. The Balaban J connectivity index is 1.14. The van der Waals surface area contributed by atoms with Crippen LogP contribution in [-0.2, 0) is 40.4 Å². The molecule has 1 aromatic heterocycles. The smallest absolute Gasteiger partial charge is 0.306 e. The Kier molecular flexibility index (Phi) is 11.5. The Labute approximate surface area is 340 Å². The minimum absolute atomic E-state index is 0.0414. The highest BCUT2D eigenvalue weighted by molar-refractivity contribution is 7.91. The lowest BCUT2D eigenvalue weighted by molar-refractivity contribution is -0.155. The van der Waals surface area contributed by atoms with Crippen molar-refractivity contribution in [2.24, 2.45) is 17.8 Å². The monoisotopic (exact) mass is 819 g/mol. The molecule has 7 atom stereocenters. The van der Waals surface area contributed by atoms with E-state index in [1.54, 1.807) is 20.1 Å². The third kappa shape index (κ3) is 8.42. The van der Waals surface area contributed by atoms with Gasteiger partial charge in [0.2, 0.25) is 27.7 Å². The van der Waals surface area contributed by atoms with Crippen molar-refractivity contribution in [3.05, 3.63) is 36.0 Å². The summed E-state index contributed by atoms with van der Waals surface area (Å²) in [6, 6.07) is 4.44. The van der Waals surface area contributed by atoms with E-state index in [1.165, 1.54) is 4.90 Å². The van der Waals surface area contributed by atoms with Gasteiger partial charge in [-0.1, -0.05) is 37.8 Å². The molecule has 4 fully saturated rings. The second kappa shape index (κ2) is 16.4. The van der Waals surface area contributed by atoms with Crippen LogP contribution >= 0.6 is 0 Å². The van der Waals surface area contributed by atoms with Gasteiger partial charge in [0.25, 0.3) is 5.91 Å². The Morgan fingerprint density at radius 2 is 1.76 bits per heavy atom. The van der Waals surface area contributed by atoms with E-state index in [0.717, 1.165) is 64.2 Å². The Morgan fingerprint density at radius 1 is 0.966 bits per heavy atom. The van der Waals surface area contributed by atoms with Crippen LogP contribution in [0.15, 0.2) is 30.4 Å². The molecule has 2 aromatic rings. The second-order valence-electron chi connectivity index (χ2n) is 17.8. The van der Waals surface area contributed by atoms with Crippen molar-refractivity contribution in [3.8, 4) is 11.6 Å². The summed E-state index contributed by atoms with van der Waals surface area (Å²) in [5, 5.41) is 2.95.